The number of fused-ring (bicyclic) bond motifs is 2. The number of imide groups is 1. The summed E-state index contributed by atoms with van der Waals surface area (Å²) in [7, 11) is 0. The molecule has 1 unspecified atom stereocenters. The average molecular weight is 402 g/mol. The maximum atomic E-state index is 13.1. The van der Waals surface area contributed by atoms with E-state index in [0.717, 1.165) is 28.8 Å². The molecule has 4 heterocycles. The van der Waals surface area contributed by atoms with Crippen LogP contribution in [0.15, 0.2) is 48.8 Å². The summed E-state index contributed by atoms with van der Waals surface area (Å²) in [6.07, 6.45) is 5.46. The van der Waals surface area contributed by atoms with Crippen LogP contribution in [0.5, 0.6) is 0 Å². The van der Waals surface area contributed by atoms with Crippen molar-refractivity contribution in [3.63, 3.8) is 0 Å². The molecule has 30 heavy (non-hydrogen) atoms. The molecule has 2 aliphatic rings. The Hall–Kier alpha value is -3.48. The number of H-pyrrole nitrogens is 1. The first-order valence-corrected chi connectivity index (χ1v) is 10.2. The molecular weight excluding hydrogens is 380 g/mol. The maximum absolute atomic E-state index is 13.1. The number of rotatable bonds is 3. The molecule has 0 aliphatic carbocycles. The number of amides is 3. The second-order valence-electron chi connectivity index (χ2n) is 7.95. The van der Waals surface area contributed by atoms with E-state index < -0.39 is 17.9 Å². The van der Waals surface area contributed by atoms with Crippen LogP contribution in [-0.4, -0.2) is 56.6 Å². The Labute approximate surface area is 173 Å². The molecule has 152 valence electrons. The molecule has 0 saturated carbocycles. The Morgan fingerprint density at radius 3 is 2.40 bits per heavy atom. The molecule has 3 aromatic rings. The van der Waals surface area contributed by atoms with E-state index in [4.69, 9.17) is 0 Å². The molecule has 1 fully saturated rings. The third kappa shape index (κ3) is 2.81. The molecule has 0 radical (unpaired) electrons. The van der Waals surface area contributed by atoms with Gasteiger partial charge in [-0.05, 0) is 55.5 Å². The van der Waals surface area contributed by atoms with Gasteiger partial charge in [0.15, 0.2) is 0 Å². The number of nitrogens with one attached hydrogen (secondary N) is 1. The van der Waals surface area contributed by atoms with E-state index in [1.54, 1.807) is 42.3 Å². The molecule has 1 N–H and O–H groups in total. The van der Waals surface area contributed by atoms with Gasteiger partial charge in [0.05, 0.1) is 22.2 Å². The predicted molar refractivity (Wildman–Crippen MR) is 111 cm³/mol. The summed E-state index contributed by atoms with van der Waals surface area (Å²) in [5, 5.41) is 0. The number of aromatic amines is 1. The van der Waals surface area contributed by atoms with E-state index in [1.165, 1.54) is 5.56 Å². The topological polar surface area (TPSA) is 86.4 Å². The van der Waals surface area contributed by atoms with Crippen LogP contribution in [0.1, 0.15) is 52.0 Å². The zero-order valence-corrected chi connectivity index (χ0v) is 16.7. The van der Waals surface area contributed by atoms with Crippen molar-refractivity contribution in [3.8, 4) is 0 Å². The number of nitrogens with zero attached hydrogens (tertiary/aromatic N) is 3. The van der Waals surface area contributed by atoms with Gasteiger partial charge >= 0.3 is 0 Å². The Morgan fingerprint density at radius 2 is 1.73 bits per heavy atom. The number of hydrogen-bond acceptors (Lipinski definition) is 4. The van der Waals surface area contributed by atoms with E-state index in [1.807, 2.05) is 18.3 Å². The van der Waals surface area contributed by atoms with Crippen molar-refractivity contribution in [3.05, 3.63) is 65.5 Å². The van der Waals surface area contributed by atoms with Crippen LogP contribution in [0, 0.1) is 0 Å². The van der Waals surface area contributed by atoms with Crippen LogP contribution < -0.4 is 0 Å². The lowest BCUT2D eigenvalue weighted by Crippen LogP contribution is -2.51. The van der Waals surface area contributed by atoms with Crippen LogP contribution in [0.2, 0.25) is 0 Å². The lowest BCUT2D eigenvalue weighted by molar-refractivity contribution is -0.136. The Morgan fingerprint density at radius 1 is 1.07 bits per heavy atom. The van der Waals surface area contributed by atoms with Gasteiger partial charge in [-0.1, -0.05) is 12.1 Å². The number of carbonyl (C=O) groups is 3. The van der Waals surface area contributed by atoms with Gasteiger partial charge in [-0.15, -0.1) is 0 Å². The van der Waals surface area contributed by atoms with E-state index in [0.29, 0.717) is 30.1 Å². The summed E-state index contributed by atoms with van der Waals surface area (Å²) in [4.78, 5) is 49.1. The molecule has 0 spiro atoms. The number of pyridine rings is 1. The maximum Gasteiger partial charge on any atom is 0.262 e. The first-order chi connectivity index (χ1) is 14.6. The molecule has 7 heteroatoms. The Balaban J connectivity index is 1.28. The minimum absolute atomic E-state index is 0.181. The summed E-state index contributed by atoms with van der Waals surface area (Å²) in [6, 6.07) is 9.82. The summed E-state index contributed by atoms with van der Waals surface area (Å²) in [5.74, 6) is -0.639. The summed E-state index contributed by atoms with van der Waals surface area (Å²) < 4.78 is 0. The molecule has 1 atom stereocenters. The fourth-order valence-corrected chi connectivity index (χ4v) is 4.63. The second kappa shape index (κ2) is 7.09. The van der Waals surface area contributed by atoms with Gasteiger partial charge in [0.25, 0.3) is 11.8 Å². The SMILES string of the molecule is CC(C(=O)N1CCC(c2c[nH]c3cccnc23)CC1)N1C(=O)c2ccccc2C1=O. The van der Waals surface area contributed by atoms with Crippen LogP contribution in [-0.2, 0) is 4.79 Å². The van der Waals surface area contributed by atoms with Crippen LogP contribution in [0.3, 0.4) is 0 Å². The fraction of sp³-hybridized carbons (Fsp3) is 0.304. The fourth-order valence-electron chi connectivity index (χ4n) is 4.63. The number of aromatic nitrogens is 2. The molecule has 2 aliphatic heterocycles. The van der Waals surface area contributed by atoms with Crippen LogP contribution in [0.25, 0.3) is 11.0 Å². The highest BCUT2D eigenvalue weighted by Crippen LogP contribution is 2.33. The normalized spacial score (nSPS) is 18.2. The number of likely N-dealkylation sites (tertiary alicyclic amines) is 1. The van der Waals surface area contributed by atoms with Crippen molar-refractivity contribution in [2.75, 3.05) is 13.1 Å². The Bertz CT molecular complexity index is 1120. The third-order valence-corrected chi connectivity index (χ3v) is 6.28. The first-order valence-electron chi connectivity index (χ1n) is 10.2. The van der Waals surface area contributed by atoms with Crippen molar-refractivity contribution in [1.82, 2.24) is 19.8 Å². The Kier molecular flexibility index (Phi) is 4.38. The van der Waals surface area contributed by atoms with Gasteiger partial charge in [-0.3, -0.25) is 24.3 Å². The van der Waals surface area contributed by atoms with Gasteiger partial charge in [0, 0.05) is 25.5 Å². The summed E-state index contributed by atoms with van der Waals surface area (Å²) in [5.41, 5.74) is 3.93. The van der Waals surface area contributed by atoms with Gasteiger partial charge < -0.3 is 9.88 Å². The number of hydrogen-bond donors (Lipinski definition) is 1. The monoisotopic (exact) mass is 402 g/mol. The molecule has 0 bridgehead atoms. The zero-order valence-electron chi connectivity index (χ0n) is 16.7. The summed E-state index contributed by atoms with van der Waals surface area (Å²) >= 11 is 0. The molecule has 3 amide bonds. The van der Waals surface area contributed by atoms with Crippen molar-refractivity contribution in [2.45, 2.75) is 31.7 Å². The van der Waals surface area contributed by atoms with Gasteiger partial charge in [-0.2, -0.15) is 0 Å². The second-order valence-corrected chi connectivity index (χ2v) is 7.95. The molecule has 1 aromatic carbocycles. The van der Waals surface area contributed by atoms with E-state index in [2.05, 4.69) is 9.97 Å². The average Bonchev–Trinajstić information content (AvgIpc) is 3.32. The highest BCUT2D eigenvalue weighted by molar-refractivity contribution is 6.22. The smallest absolute Gasteiger partial charge is 0.262 e. The first kappa shape index (κ1) is 18.5. The van der Waals surface area contributed by atoms with Gasteiger partial charge in [-0.25, -0.2) is 0 Å². The molecule has 7 nitrogen and oxygen atoms in total. The van der Waals surface area contributed by atoms with E-state index >= 15 is 0 Å². The van der Waals surface area contributed by atoms with Crippen LogP contribution in [0.4, 0.5) is 0 Å². The standard InChI is InChI=1S/C23H22N4O3/c1-14(27-22(29)16-5-2-3-6-17(16)23(27)30)21(28)26-11-8-15(9-12-26)18-13-25-19-7-4-10-24-20(18)19/h2-7,10,13-15,25H,8-9,11-12H2,1H3. The number of carbonyl (C=O) groups excluding carboxylic acids is 3. The summed E-state index contributed by atoms with van der Waals surface area (Å²) in [6.45, 7) is 2.83. The molecule has 2 aromatic heterocycles. The highest BCUT2D eigenvalue weighted by Gasteiger charge is 2.42. The van der Waals surface area contributed by atoms with Crippen LogP contribution >= 0.6 is 0 Å². The minimum atomic E-state index is -0.816. The van der Waals surface area contributed by atoms with Gasteiger partial charge in [0.1, 0.15) is 6.04 Å². The quantitative estimate of drug-likeness (QED) is 0.683. The highest BCUT2D eigenvalue weighted by atomic mass is 16.2. The van der Waals surface area contributed by atoms with Crippen molar-refractivity contribution >= 4 is 28.8 Å². The third-order valence-electron chi connectivity index (χ3n) is 6.28. The number of piperidine rings is 1. The lowest BCUT2D eigenvalue weighted by atomic mass is 9.90. The lowest BCUT2D eigenvalue weighted by Gasteiger charge is -2.35. The largest absolute Gasteiger partial charge is 0.360 e. The van der Waals surface area contributed by atoms with Gasteiger partial charge in [0.2, 0.25) is 5.91 Å². The number of benzene rings is 1. The molecular formula is C23H22N4O3. The molecule has 5 rings (SSSR count). The predicted octanol–water partition coefficient (Wildman–Crippen LogP) is 2.95. The van der Waals surface area contributed by atoms with Crippen molar-refractivity contribution < 1.29 is 14.4 Å². The van der Waals surface area contributed by atoms with Crippen molar-refractivity contribution in [2.24, 2.45) is 0 Å². The van der Waals surface area contributed by atoms with Crippen molar-refractivity contribution in [1.29, 1.82) is 0 Å². The minimum Gasteiger partial charge on any atom is -0.360 e. The zero-order chi connectivity index (χ0) is 20.8. The van der Waals surface area contributed by atoms with E-state index in [9.17, 15) is 14.4 Å². The van der Waals surface area contributed by atoms with E-state index in [-0.39, 0.29) is 5.91 Å². The molecule has 1 saturated heterocycles.